The predicted octanol–water partition coefficient (Wildman–Crippen LogP) is 2.85. The number of benzene rings is 1. The molecule has 1 aromatic carbocycles. The molecule has 0 spiro atoms. The smallest absolute Gasteiger partial charge is 0.321 e. The lowest BCUT2D eigenvalue weighted by molar-refractivity contribution is 0.113. The van der Waals surface area contributed by atoms with Gasteiger partial charge in [0.05, 0.1) is 5.69 Å². The van der Waals surface area contributed by atoms with Crippen LogP contribution in [-0.4, -0.2) is 59.2 Å². The number of carbonyl (C=O) groups is 1. The number of anilines is 1. The summed E-state index contributed by atoms with van der Waals surface area (Å²) >= 11 is 0. The summed E-state index contributed by atoms with van der Waals surface area (Å²) in [5.74, 6) is 1.40. The van der Waals surface area contributed by atoms with Crippen molar-refractivity contribution in [2.24, 2.45) is 5.92 Å². The number of piperidine rings is 1. The molecule has 2 atom stereocenters. The highest BCUT2D eigenvalue weighted by molar-refractivity contribution is 5.93. The van der Waals surface area contributed by atoms with Gasteiger partial charge in [-0.3, -0.25) is 0 Å². The Bertz CT molecular complexity index is 745. The second-order valence-corrected chi connectivity index (χ2v) is 6.82. The minimum absolute atomic E-state index is 0.117. The lowest BCUT2D eigenvalue weighted by atomic mass is 9.93. The van der Waals surface area contributed by atoms with Gasteiger partial charge in [0.1, 0.15) is 0 Å². The van der Waals surface area contributed by atoms with Gasteiger partial charge in [-0.05, 0) is 38.1 Å². The highest BCUT2D eigenvalue weighted by atomic mass is 16.5. The van der Waals surface area contributed by atoms with Gasteiger partial charge >= 0.3 is 6.03 Å². The van der Waals surface area contributed by atoms with Gasteiger partial charge in [-0.25, -0.2) is 4.79 Å². The normalized spacial score (nSPS) is 21.1. The zero-order valence-electron chi connectivity index (χ0n) is 15.2. The first kappa shape index (κ1) is 17.4. The lowest BCUT2D eigenvalue weighted by Gasteiger charge is -2.39. The quantitative estimate of drug-likeness (QED) is 0.927. The monoisotopic (exact) mass is 343 g/mol. The Morgan fingerprint density at radius 2 is 2.16 bits per heavy atom. The van der Waals surface area contributed by atoms with E-state index in [4.69, 9.17) is 4.52 Å². The fourth-order valence-electron chi connectivity index (χ4n) is 3.47. The molecule has 1 aromatic heterocycles. The number of aryl methyl sites for hydroxylation is 1. The number of hydrogen-bond acceptors (Lipinski definition) is 5. The van der Waals surface area contributed by atoms with Crippen molar-refractivity contribution in [3.8, 4) is 11.4 Å². The van der Waals surface area contributed by atoms with Crippen LogP contribution in [0.25, 0.3) is 11.4 Å². The molecule has 2 heterocycles. The van der Waals surface area contributed by atoms with Crippen LogP contribution >= 0.6 is 0 Å². The average Bonchev–Trinajstić information content (AvgIpc) is 3.01. The Balaban J connectivity index is 1.75. The number of hydrogen-bond donors (Lipinski definition) is 1. The SMILES string of the molecule is Cc1nc(-c2ccccc2NC(=O)N(C)C2CCN(C)CC2C)no1. The molecule has 2 unspecified atom stereocenters. The van der Waals surface area contributed by atoms with Gasteiger partial charge < -0.3 is 19.6 Å². The van der Waals surface area contributed by atoms with E-state index in [0.717, 1.165) is 25.1 Å². The van der Waals surface area contributed by atoms with E-state index < -0.39 is 0 Å². The summed E-state index contributed by atoms with van der Waals surface area (Å²) in [5, 5.41) is 6.95. The fraction of sp³-hybridized carbons (Fsp3) is 0.500. The predicted molar refractivity (Wildman–Crippen MR) is 96.3 cm³/mol. The second-order valence-electron chi connectivity index (χ2n) is 6.82. The van der Waals surface area contributed by atoms with Crippen molar-refractivity contribution in [2.75, 3.05) is 32.5 Å². The van der Waals surface area contributed by atoms with E-state index in [9.17, 15) is 4.79 Å². The molecule has 7 nitrogen and oxygen atoms in total. The maximum absolute atomic E-state index is 12.8. The molecule has 1 aliphatic rings. The molecule has 1 saturated heterocycles. The fourth-order valence-corrected chi connectivity index (χ4v) is 3.47. The molecule has 1 fully saturated rings. The molecule has 0 radical (unpaired) electrons. The molecule has 0 aliphatic carbocycles. The molecule has 0 bridgehead atoms. The highest BCUT2D eigenvalue weighted by Gasteiger charge is 2.30. The average molecular weight is 343 g/mol. The molecule has 7 heteroatoms. The van der Waals surface area contributed by atoms with Crippen LogP contribution in [0, 0.1) is 12.8 Å². The van der Waals surface area contributed by atoms with Crippen LogP contribution in [0.4, 0.5) is 10.5 Å². The molecule has 134 valence electrons. The summed E-state index contributed by atoms with van der Waals surface area (Å²) in [7, 11) is 3.98. The van der Waals surface area contributed by atoms with E-state index in [2.05, 4.69) is 34.3 Å². The Morgan fingerprint density at radius 3 is 2.84 bits per heavy atom. The summed E-state index contributed by atoms with van der Waals surface area (Å²) < 4.78 is 5.06. The van der Waals surface area contributed by atoms with E-state index >= 15 is 0 Å². The largest absolute Gasteiger partial charge is 0.339 e. The van der Waals surface area contributed by atoms with Gasteiger partial charge in [-0.1, -0.05) is 24.2 Å². The molecule has 2 amide bonds. The van der Waals surface area contributed by atoms with Gasteiger partial charge in [-0.15, -0.1) is 0 Å². The van der Waals surface area contributed by atoms with Crippen molar-refractivity contribution in [1.29, 1.82) is 0 Å². The van der Waals surface area contributed by atoms with Crippen molar-refractivity contribution in [1.82, 2.24) is 19.9 Å². The van der Waals surface area contributed by atoms with E-state index in [1.807, 2.05) is 36.2 Å². The number of rotatable bonds is 3. The van der Waals surface area contributed by atoms with Crippen LogP contribution in [0.2, 0.25) is 0 Å². The van der Waals surface area contributed by atoms with Gasteiger partial charge in [0, 0.05) is 32.1 Å². The topological polar surface area (TPSA) is 74.5 Å². The van der Waals surface area contributed by atoms with Crippen LogP contribution in [0.15, 0.2) is 28.8 Å². The van der Waals surface area contributed by atoms with Gasteiger partial charge in [0.15, 0.2) is 0 Å². The van der Waals surface area contributed by atoms with E-state index in [1.165, 1.54) is 0 Å². The Kier molecular flexibility index (Phi) is 5.03. The van der Waals surface area contributed by atoms with Gasteiger partial charge in [-0.2, -0.15) is 4.98 Å². The van der Waals surface area contributed by atoms with Gasteiger partial charge in [0.25, 0.3) is 0 Å². The number of amides is 2. The number of urea groups is 1. The summed E-state index contributed by atoms with van der Waals surface area (Å²) in [6, 6.07) is 7.61. The van der Waals surface area contributed by atoms with E-state index in [1.54, 1.807) is 6.92 Å². The molecular formula is C18H25N5O2. The van der Waals surface area contributed by atoms with Gasteiger partial charge in [0.2, 0.25) is 11.7 Å². The third kappa shape index (κ3) is 3.82. The zero-order valence-corrected chi connectivity index (χ0v) is 15.2. The molecule has 1 N–H and O–H groups in total. The molecular weight excluding hydrogens is 318 g/mol. The van der Waals surface area contributed by atoms with E-state index in [0.29, 0.717) is 23.3 Å². The van der Waals surface area contributed by atoms with E-state index in [-0.39, 0.29) is 12.1 Å². The molecule has 25 heavy (non-hydrogen) atoms. The van der Waals surface area contributed by atoms with Crippen molar-refractivity contribution >= 4 is 11.7 Å². The third-order valence-corrected chi connectivity index (χ3v) is 4.82. The van der Waals surface area contributed by atoms with Crippen molar-refractivity contribution in [3.63, 3.8) is 0 Å². The second kappa shape index (κ2) is 7.23. The number of aromatic nitrogens is 2. The van der Waals surface area contributed by atoms with Crippen LogP contribution in [0.3, 0.4) is 0 Å². The number of likely N-dealkylation sites (tertiary alicyclic amines) is 1. The molecule has 3 rings (SSSR count). The first-order valence-corrected chi connectivity index (χ1v) is 8.57. The Labute approximate surface area is 148 Å². The summed E-state index contributed by atoms with van der Waals surface area (Å²) in [5.41, 5.74) is 1.43. The molecule has 2 aromatic rings. The molecule has 1 aliphatic heterocycles. The number of nitrogens with zero attached hydrogens (tertiary/aromatic N) is 4. The maximum Gasteiger partial charge on any atom is 0.321 e. The number of para-hydroxylation sites is 1. The zero-order chi connectivity index (χ0) is 18.0. The minimum atomic E-state index is -0.117. The minimum Gasteiger partial charge on any atom is -0.339 e. The van der Waals surface area contributed by atoms with Crippen LogP contribution < -0.4 is 5.32 Å². The first-order chi connectivity index (χ1) is 12.0. The van der Waals surface area contributed by atoms with Crippen LogP contribution in [0.5, 0.6) is 0 Å². The first-order valence-electron chi connectivity index (χ1n) is 8.57. The maximum atomic E-state index is 12.8. The van der Waals surface area contributed by atoms with Crippen LogP contribution in [0.1, 0.15) is 19.2 Å². The molecule has 0 saturated carbocycles. The Morgan fingerprint density at radius 1 is 1.40 bits per heavy atom. The van der Waals surface area contributed by atoms with Crippen molar-refractivity contribution < 1.29 is 9.32 Å². The summed E-state index contributed by atoms with van der Waals surface area (Å²) in [6.45, 7) is 5.94. The van der Waals surface area contributed by atoms with Crippen LogP contribution in [-0.2, 0) is 0 Å². The Hall–Kier alpha value is -2.41. The lowest BCUT2D eigenvalue weighted by Crippen LogP contribution is -2.50. The summed E-state index contributed by atoms with van der Waals surface area (Å²) in [4.78, 5) is 21.1. The standard InChI is InChI=1S/C18H25N5O2/c1-12-11-22(3)10-9-16(12)23(4)18(24)20-15-8-6-5-7-14(15)17-19-13(2)25-21-17/h5-8,12,16H,9-11H2,1-4H3,(H,20,24). The highest BCUT2D eigenvalue weighted by Crippen LogP contribution is 2.26. The van der Waals surface area contributed by atoms with Crippen molar-refractivity contribution in [3.05, 3.63) is 30.2 Å². The number of carbonyl (C=O) groups excluding carboxylic acids is 1. The summed E-state index contributed by atoms with van der Waals surface area (Å²) in [6.07, 6.45) is 0.979. The third-order valence-electron chi connectivity index (χ3n) is 4.82. The number of nitrogens with one attached hydrogen (secondary N) is 1. The van der Waals surface area contributed by atoms with Crippen molar-refractivity contribution in [2.45, 2.75) is 26.3 Å².